The number of alkyl halides is 1. The van der Waals surface area contributed by atoms with Crippen LogP contribution in [0.2, 0.25) is 0 Å². The number of rotatable bonds is 5. The highest BCUT2D eigenvalue weighted by molar-refractivity contribution is 6.17. The van der Waals surface area contributed by atoms with Crippen molar-refractivity contribution in [1.29, 1.82) is 0 Å². The summed E-state index contributed by atoms with van der Waals surface area (Å²) in [6, 6.07) is 3.23. The molecule has 0 saturated heterocycles. The van der Waals surface area contributed by atoms with Crippen LogP contribution in [0.25, 0.3) is 0 Å². The molecule has 0 aliphatic heterocycles. The molecule has 0 heterocycles. The first-order valence-corrected chi connectivity index (χ1v) is 5.88. The zero-order valence-corrected chi connectivity index (χ0v) is 10.2. The average molecular weight is 262 g/mol. The van der Waals surface area contributed by atoms with Gasteiger partial charge in [-0.15, -0.1) is 11.6 Å². The zero-order chi connectivity index (χ0) is 12.8. The lowest BCUT2D eigenvalue weighted by atomic mass is 10.1. The second-order valence-corrected chi connectivity index (χ2v) is 4.13. The molecule has 0 aliphatic carbocycles. The van der Waals surface area contributed by atoms with Gasteiger partial charge in [-0.3, -0.25) is 4.79 Å². The van der Waals surface area contributed by atoms with Crippen LogP contribution in [0, 0.1) is 11.6 Å². The van der Waals surface area contributed by atoms with E-state index in [0.29, 0.717) is 24.3 Å². The number of benzene rings is 1. The van der Waals surface area contributed by atoms with Gasteiger partial charge in [0.1, 0.15) is 0 Å². The molecular weight excluding hydrogens is 248 g/mol. The molecule has 0 aromatic heterocycles. The van der Waals surface area contributed by atoms with Gasteiger partial charge in [0.2, 0.25) is 5.91 Å². The van der Waals surface area contributed by atoms with Gasteiger partial charge in [-0.1, -0.05) is 6.07 Å². The third kappa shape index (κ3) is 4.30. The van der Waals surface area contributed by atoms with E-state index in [1.165, 1.54) is 6.07 Å². The summed E-state index contributed by atoms with van der Waals surface area (Å²) in [5, 5.41) is 2.69. The van der Waals surface area contributed by atoms with Crippen LogP contribution in [-0.2, 0) is 4.79 Å². The number of hydrogen-bond acceptors (Lipinski definition) is 1. The molecule has 0 bridgehead atoms. The van der Waals surface area contributed by atoms with Gasteiger partial charge in [-0.25, -0.2) is 8.78 Å². The van der Waals surface area contributed by atoms with Crippen LogP contribution in [0.3, 0.4) is 0 Å². The Labute approximate surface area is 104 Å². The fourth-order valence-electron chi connectivity index (χ4n) is 1.41. The largest absolute Gasteiger partial charge is 0.350 e. The summed E-state index contributed by atoms with van der Waals surface area (Å²) in [6.45, 7) is 1.71. The maximum absolute atomic E-state index is 13.0. The van der Waals surface area contributed by atoms with Gasteiger partial charge >= 0.3 is 0 Å². The summed E-state index contributed by atoms with van der Waals surface area (Å²) in [6.07, 6.45) is 0.926. The molecule has 1 N–H and O–H groups in total. The molecule has 0 radical (unpaired) electrons. The quantitative estimate of drug-likeness (QED) is 0.811. The van der Waals surface area contributed by atoms with E-state index in [0.717, 1.165) is 12.1 Å². The van der Waals surface area contributed by atoms with Gasteiger partial charge in [0.25, 0.3) is 0 Å². The predicted octanol–water partition coefficient (Wildman–Crippen LogP) is 3.16. The SMILES string of the molecule is CC(NC(=O)CCCCl)c1ccc(F)c(F)c1. The van der Waals surface area contributed by atoms with E-state index >= 15 is 0 Å². The zero-order valence-electron chi connectivity index (χ0n) is 9.47. The Hall–Kier alpha value is -1.16. The van der Waals surface area contributed by atoms with Crippen LogP contribution in [-0.4, -0.2) is 11.8 Å². The van der Waals surface area contributed by atoms with Crippen LogP contribution in [0.4, 0.5) is 8.78 Å². The Kier molecular flexibility index (Phi) is 5.35. The lowest BCUT2D eigenvalue weighted by Gasteiger charge is -2.14. The highest BCUT2D eigenvalue weighted by Crippen LogP contribution is 2.16. The maximum atomic E-state index is 13.0. The van der Waals surface area contributed by atoms with E-state index in [4.69, 9.17) is 11.6 Å². The second kappa shape index (κ2) is 6.55. The Morgan fingerprint density at radius 2 is 2.12 bits per heavy atom. The number of amides is 1. The number of halogens is 3. The van der Waals surface area contributed by atoms with E-state index in [2.05, 4.69) is 5.32 Å². The van der Waals surface area contributed by atoms with Crippen LogP contribution < -0.4 is 5.32 Å². The van der Waals surface area contributed by atoms with Crippen molar-refractivity contribution in [3.8, 4) is 0 Å². The van der Waals surface area contributed by atoms with Gasteiger partial charge in [0.05, 0.1) is 6.04 Å². The lowest BCUT2D eigenvalue weighted by Crippen LogP contribution is -2.26. The fraction of sp³-hybridized carbons (Fsp3) is 0.417. The summed E-state index contributed by atoms with van der Waals surface area (Å²) in [5.74, 6) is -1.53. The van der Waals surface area contributed by atoms with Crippen LogP contribution in [0.1, 0.15) is 31.4 Å². The molecule has 0 fully saturated rings. The minimum atomic E-state index is -0.913. The summed E-state index contributed by atoms with van der Waals surface area (Å²) in [7, 11) is 0. The van der Waals surface area contributed by atoms with Crippen molar-refractivity contribution in [3.05, 3.63) is 35.4 Å². The van der Waals surface area contributed by atoms with Gasteiger partial charge in [0.15, 0.2) is 11.6 Å². The molecule has 0 spiro atoms. The molecule has 1 aromatic rings. The standard InChI is InChI=1S/C12H14ClF2NO/c1-8(16-12(17)3-2-6-13)9-4-5-10(14)11(15)7-9/h4-5,7-8H,2-3,6H2,1H3,(H,16,17). The van der Waals surface area contributed by atoms with E-state index in [1.54, 1.807) is 6.92 Å². The average Bonchev–Trinajstić information content (AvgIpc) is 2.30. The third-order valence-corrected chi connectivity index (χ3v) is 2.63. The van der Waals surface area contributed by atoms with Gasteiger partial charge in [-0.2, -0.15) is 0 Å². The van der Waals surface area contributed by atoms with Gasteiger partial charge in [0, 0.05) is 12.3 Å². The predicted molar refractivity (Wildman–Crippen MR) is 62.9 cm³/mol. The number of carbonyl (C=O) groups excluding carboxylic acids is 1. The van der Waals surface area contributed by atoms with E-state index in [9.17, 15) is 13.6 Å². The third-order valence-electron chi connectivity index (χ3n) is 2.36. The van der Waals surface area contributed by atoms with Crippen molar-refractivity contribution in [1.82, 2.24) is 5.32 Å². The van der Waals surface area contributed by atoms with E-state index < -0.39 is 11.6 Å². The molecule has 2 nitrogen and oxygen atoms in total. The van der Waals surface area contributed by atoms with Crippen LogP contribution in [0.15, 0.2) is 18.2 Å². The van der Waals surface area contributed by atoms with Crippen molar-refractivity contribution in [3.63, 3.8) is 0 Å². The Balaban J connectivity index is 2.60. The number of nitrogens with one attached hydrogen (secondary N) is 1. The normalized spacial score (nSPS) is 12.2. The molecule has 0 saturated carbocycles. The molecule has 0 aliphatic rings. The molecule has 17 heavy (non-hydrogen) atoms. The first-order chi connectivity index (χ1) is 8.04. The molecule has 1 rings (SSSR count). The summed E-state index contributed by atoms with van der Waals surface area (Å²) in [5.41, 5.74) is 0.531. The van der Waals surface area contributed by atoms with E-state index in [-0.39, 0.29) is 11.9 Å². The fourth-order valence-corrected chi connectivity index (χ4v) is 1.54. The molecule has 94 valence electrons. The minimum Gasteiger partial charge on any atom is -0.350 e. The molecule has 1 aromatic carbocycles. The van der Waals surface area contributed by atoms with Crippen molar-refractivity contribution >= 4 is 17.5 Å². The monoisotopic (exact) mass is 261 g/mol. The molecule has 1 amide bonds. The highest BCUT2D eigenvalue weighted by atomic mass is 35.5. The summed E-state index contributed by atoms with van der Waals surface area (Å²) >= 11 is 5.47. The molecule has 1 unspecified atom stereocenters. The van der Waals surface area contributed by atoms with Gasteiger partial charge < -0.3 is 5.32 Å². The lowest BCUT2D eigenvalue weighted by molar-refractivity contribution is -0.121. The van der Waals surface area contributed by atoms with Crippen molar-refractivity contribution in [2.24, 2.45) is 0 Å². The Morgan fingerprint density at radius 1 is 1.41 bits per heavy atom. The second-order valence-electron chi connectivity index (χ2n) is 3.76. The van der Waals surface area contributed by atoms with Crippen LogP contribution in [0.5, 0.6) is 0 Å². The van der Waals surface area contributed by atoms with Gasteiger partial charge in [-0.05, 0) is 31.0 Å². The molecular formula is C12H14ClF2NO. The summed E-state index contributed by atoms with van der Waals surface area (Å²) < 4.78 is 25.7. The molecule has 1 atom stereocenters. The summed E-state index contributed by atoms with van der Waals surface area (Å²) in [4.78, 5) is 11.4. The topological polar surface area (TPSA) is 29.1 Å². The highest BCUT2D eigenvalue weighted by Gasteiger charge is 2.11. The Morgan fingerprint density at radius 3 is 2.71 bits per heavy atom. The van der Waals surface area contributed by atoms with Crippen LogP contribution >= 0.6 is 11.6 Å². The van der Waals surface area contributed by atoms with Crippen molar-refractivity contribution in [2.45, 2.75) is 25.8 Å². The van der Waals surface area contributed by atoms with E-state index in [1.807, 2.05) is 0 Å². The van der Waals surface area contributed by atoms with Crippen molar-refractivity contribution in [2.75, 3.05) is 5.88 Å². The Bertz CT molecular complexity index is 398. The van der Waals surface area contributed by atoms with Crippen molar-refractivity contribution < 1.29 is 13.6 Å². The molecule has 5 heteroatoms. The maximum Gasteiger partial charge on any atom is 0.220 e. The number of hydrogen-bond donors (Lipinski definition) is 1. The minimum absolute atomic E-state index is 0.150. The first-order valence-electron chi connectivity index (χ1n) is 5.35. The number of carbonyl (C=O) groups is 1. The first kappa shape index (κ1) is 13.9. The smallest absolute Gasteiger partial charge is 0.220 e.